The molecule has 0 unspecified atom stereocenters. The molecule has 1 aromatic carbocycles. The average molecular weight is 225 g/mol. The number of fused-ring (bicyclic) bond motifs is 1. The first-order chi connectivity index (χ1) is 8.36. The number of pyridine rings is 1. The van der Waals surface area contributed by atoms with E-state index in [1.807, 2.05) is 24.3 Å². The van der Waals surface area contributed by atoms with Crippen LogP contribution in [0.4, 0.5) is 0 Å². The Morgan fingerprint density at radius 1 is 1.06 bits per heavy atom. The van der Waals surface area contributed by atoms with Crippen molar-refractivity contribution in [3.05, 3.63) is 42.7 Å². The maximum Gasteiger partial charge on any atom is 0.294 e. The molecule has 2 heterocycles. The summed E-state index contributed by atoms with van der Waals surface area (Å²) in [5.74, 6) is 0. The summed E-state index contributed by atoms with van der Waals surface area (Å²) < 4.78 is 5.07. The van der Waals surface area contributed by atoms with Crippen LogP contribution in [0.2, 0.25) is 0 Å². The monoisotopic (exact) mass is 225 g/mol. The number of nitrogens with zero attached hydrogens (tertiary/aromatic N) is 2. The van der Waals surface area contributed by atoms with Crippen molar-refractivity contribution in [3.63, 3.8) is 0 Å². The van der Waals surface area contributed by atoms with E-state index in [-0.39, 0.29) is 0 Å². The average Bonchev–Trinajstić information content (AvgIpc) is 2.81. The van der Waals surface area contributed by atoms with Crippen LogP contribution in [0.15, 0.2) is 42.7 Å². The van der Waals surface area contributed by atoms with Gasteiger partial charge in [-0.25, -0.2) is 0 Å². The predicted octanol–water partition coefficient (Wildman–Crippen LogP) is 2.63. The van der Waals surface area contributed by atoms with Crippen LogP contribution in [0, 0.1) is 0 Å². The molecule has 17 heavy (non-hydrogen) atoms. The molecule has 0 aliphatic carbocycles. The van der Waals surface area contributed by atoms with Crippen molar-refractivity contribution in [1.82, 2.24) is 15.0 Å². The second-order valence-electron chi connectivity index (χ2n) is 3.71. The van der Waals surface area contributed by atoms with Crippen LogP contribution in [-0.2, 0) is 0 Å². The van der Waals surface area contributed by atoms with Crippen LogP contribution in [0.25, 0.3) is 22.2 Å². The normalized spacial score (nSPS) is 10.6. The van der Waals surface area contributed by atoms with E-state index in [0.29, 0.717) is 6.01 Å². The highest BCUT2D eigenvalue weighted by atomic mass is 16.5. The summed E-state index contributed by atoms with van der Waals surface area (Å²) in [4.78, 5) is 11.4. The Labute approximate surface area is 98.3 Å². The van der Waals surface area contributed by atoms with Gasteiger partial charge >= 0.3 is 0 Å². The highest BCUT2D eigenvalue weighted by molar-refractivity contribution is 5.82. The quantitative estimate of drug-likeness (QED) is 0.729. The lowest BCUT2D eigenvalue weighted by Gasteiger charge is -1.99. The number of aromatic amines is 1. The molecule has 0 fully saturated rings. The van der Waals surface area contributed by atoms with Gasteiger partial charge in [-0.3, -0.25) is 4.98 Å². The van der Waals surface area contributed by atoms with Crippen LogP contribution in [0.5, 0.6) is 6.01 Å². The third kappa shape index (κ3) is 1.73. The molecule has 4 nitrogen and oxygen atoms in total. The molecular weight excluding hydrogens is 214 g/mol. The third-order valence-corrected chi connectivity index (χ3v) is 2.67. The Bertz CT molecular complexity index is 646. The van der Waals surface area contributed by atoms with Gasteiger partial charge in [0.05, 0.1) is 18.1 Å². The molecule has 0 aliphatic rings. The minimum atomic E-state index is 0.534. The fourth-order valence-corrected chi connectivity index (χ4v) is 1.80. The van der Waals surface area contributed by atoms with Gasteiger partial charge in [-0.1, -0.05) is 6.07 Å². The van der Waals surface area contributed by atoms with Crippen molar-refractivity contribution in [2.24, 2.45) is 0 Å². The van der Waals surface area contributed by atoms with E-state index in [2.05, 4.69) is 21.0 Å². The summed E-state index contributed by atoms with van der Waals surface area (Å²) in [5.41, 5.74) is 4.12. The lowest BCUT2D eigenvalue weighted by molar-refractivity contribution is 0.386. The summed E-state index contributed by atoms with van der Waals surface area (Å²) >= 11 is 0. The summed E-state index contributed by atoms with van der Waals surface area (Å²) in [6.07, 6.45) is 3.56. The molecule has 2 aromatic heterocycles. The fourth-order valence-electron chi connectivity index (χ4n) is 1.80. The van der Waals surface area contributed by atoms with Gasteiger partial charge in [0.2, 0.25) is 0 Å². The number of rotatable bonds is 2. The summed E-state index contributed by atoms with van der Waals surface area (Å²) in [6.45, 7) is 0. The molecule has 0 aliphatic heterocycles. The highest BCUT2D eigenvalue weighted by Crippen LogP contribution is 2.24. The van der Waals surface area contributed by atoms with Gasteiger partial charge in [0.1, 0.15) is 0 Å². The highest BCUT2D eigenvalue weighted by Gasteiger charge is 2.04. The molecule has 0 spiro atoms. The molecular formula is C13H11N3O. The van der Waals surface area contributed by atoms with Gasteiger partial charge in [-0.05, 0) is 35.4 Å². The molecule has 4 heteroatoms. The SMILES string of the molecule is COc1nc2cc(-c3ccncc3)ccc2[nH]1. The number of H-pyrrole nitrogens is 1. The number of hydrogen-bond donors (Lipinski definition) is 1. The Morgan fingerprint density at radius 2 is 1.88 bits per heavy atom. The third-order valence-electron chi connectivity index (χ3n) is 2.67. The Morgan fingerprint density at radius 3 is 2.65 bits per heavy atom. The van der Waals surface area contributed by atoms with Crippen molar-refractivity contribution >= 4 is 11.0 Å². The van der Waals surface area contributed by atoms with E-state index in [1.54, 1.807) is 19.5 Å². The topological polar surface area (TPSA) is 50.8 Å². The number of benzene rings is 1. The van der Waals surface area contributed by atoms with Crippen molar-refractivity contribution in [2.75, 3.05) is 7.11 Å². The first-order valence-corrected chi connectivity index (χ1v) is 5.31. The number of aromatic nitrogens is 3. The van der Waals surface area contributed by atoms with Crippen LogP contribution >= 0.6 is 0 Å². The van der Waals surface area contributed by atoms with Gasteiger partial charge in [0.15, 0.2) is 0 Å². The van der Waals surface area contributed by atoms with E-state index in [4.69, 9.17) is 4.74 Å². The molecule has 1 N–H and O–H groups in total. The van der Waals surface area contributed by atoms with E-state index >= 15 is 0 Å². The van der Waals surface area contributed by atoms with E-state index < -0.39 is 0 Å². The maximum absolute atomic E-state index is 5.07. The second kappa shape index (κ2) is 3.90. The zero-order chi connectivity index (χ0) is 11.7. The van der Waals surface area contributed by atoms with Crippen LogP contribution in [0.3, 0.4) is 0 Å². The smallest absolute Gasteiger partial charge is 0.294 e. The molecule has 0 saturated heterocycles. The van der Waals surface area contributed by atoms with Crippen LogP contribution in [-0.4, -0.2) is 22.1 Å². The zero-order valence-corrected chi connectivity index (χ0v) is 9.34. The Balaban J connectivity index is 2.13. The number of ether oxygens (including phenoxy) is 1. The lowest BCUT2D eigenvalue weighted by atomic mass is 10.1. The molecule has 0 radical (unpaired) electrons. The van der Waals surface area contributed by atoms with Gasteiger partial charge < -0.3 is 9.72 Å². The van der Waals surface area contributed by atoms with Crippen molar-refractivity contribution in [1.29, 1.82) is 0 Å². The minimum Gasteiger partial charge on any atom is -0.468 e. The summed E-state index contributed by atoms with van der Waals surface area (Å²) in [6, 6.07) is 10.6. The maximum atomic E-state index is 5.07. The Hall–Kier alpha value is -2.36. The number of methoxy groups -OCH3 is 1. The largest absolute Gasteiger partial charge is 0.468 e. The van der Waals surface area contributed by atoms with Crippen molar-refractivity contribution in [2.45, 2.75) is 0 Å². The summed E-state index contributed by atoms with van der Waals surface area (Å²) in [7, 11) is 1.60. The molecule has 0 saturated carbocycles. The molecule has 0 amide bonds. The molecule has 84 valence electrons. The Kier molecular flexibility index (Phi) is 2.26. The number of nitrogens with one attached hydrogen (secondary N) is 1. The zero-order valence-electron chi connectivity index (χ0n) is 9.34. The number of hydrogen-bond acceptors (Lipinski definition) is 3. The molecule has 0 bridgehead atoms. The van der Waals surface area contributed by atoms with E-state index in [0.717, 1.165) is 22.2 Å². The van der Waals surface area contributed by atoms with Crippen LogP contribution in [0.1, 0.15) is 0 Å². The van der Waals surface area contributed by atoms with E-state index in [9.17, 15) is 0 Å². The minimum absolute atomic E-state index is 0.534. The van der Waals surface area contributed by atoms with Gasteiger partial charge in [0, 0.05) is 12.4 Å². The molecule has 3 rings (SSSR count). The van der Waals surface area contributed by atoms with Crippen molar-refractivity contribution in [3.8, 4) is 17.1 Å². The second-order valence-corrected chi connectivity index (χ2v) is 3.71. The summed E-state index contributed by atoms with van der Waals surface area (Å²) in [5, 5.41) is 0. The molecule has 3 aromatic rings. The molecule has 0 atom stereocenters. The first kappa shape index (κ1) is 9.84. The standard InChI is InChI=1S/C13H11N3O/c1-17-13-15-11-3-2-10(8-12(11)16-13)9-4-6-14-7-5-9/h2-8H,1H3,(H,15,16). The van der Waals surface area contributed by atoms with Crippen molar-refractivity contribution < 1.29 is 4.74 Å². The van der Waals surface area contributed by atoms with Gasteiger partial charge in [-0.2, -0.15) is 4.98 Å². The number of imidazole rings is 1. The van der Waals surface area contributed by atoms with Crippen LogP contribution < -0.4 is 4.74 Å². The predicted molar refractivity (Wildman–Crippen MR) is 65.9 cm³/mol. The van der Waals surface area contributed by atoms with Gasteiger partial charge in [0.25, 0.3) is 6.01 Å². The van der Waals surface area contributed by atoms with E-state index in [1.165, 1.54) is 0 Å². The fraction of sp³-hybridized carbons (Fsp3) is 0.0769. The lowest BCUT2D eigenvalue weighted by Crippen LogP contribution is -1.82. The first-order valence-electron chi connectivity index (χ1n) is 5.31. The van der Waals surface area contributed by atoms with Gasteiger partial charge in [-0.15, -0.1) is 0 Å².